The number of carbonyl (C=O) groups is 1. The van der Waals surface area contributed by atoms with Gasteiger partial charge in [0.25, 0.3) is 0 Å². The molecular formula is C19H20N2O4. The molecule has 1 aromatic heterocycles. The Morgan fingerprint density at radius 3 is 2.92 bits per heavy atom. The summed E-state index contributed by atoms with van der Waals surface area (Å²) < 4.78 is 10.8. The van der Waals surface area contributed by atoms with Crippen molar-refractivity contribution in [2.24, 2.45) is 5.92 Å². The van der Waals surface area contributed by atoms with E-state index in [4.69, 9.17) is 9.47 Å². The molecule has 0 aliphatic carbocycles. The lowest BCUT2D eigenvalue weighted by atomic mass is 9.89. The summed E-state index contributed by atoms with van der Waals surface area (Å²) >= 11 is 0. The van der Waals surface area contributed by atoms with Crippen LogP contribution in [-0.4, -0.2) is 40.8 Å². The van der Waals surface area contributed by atoms with Crippen LogP contribution in [0.1, 0.15) is 22.6 Å². The molecule has 1 fully saturated rings. The summed E-state index contributed by atoms with van der Waals surface area (Å²) in [6.07, 6.45) is 3.62. The number of carboxylic acid groups (broad SMARTS) is 1. The van der Waals surface area contributed by atoms with Crippen LogP contribution in [0.2, 0.25) is 0 Å². The fourth-order valence-corrected chi connectivity index (χ4v) is 3.67. The molecule has 3 heterocycles. The first-order valence-corrected chi connectivity index (χ1v) is 8.36. The van der Waals surface area contributed by atoms with Gasteiger partial charge in [0.15, 0.2) is 11.5 Å². The quantitative estimate of drug-likeness (QED) is 0.922. The van der Waals surface area contributed by atoms with Gasteiger partial charge in [0, 0.05) is 37.9 Å². The zero-order valence-corrected chi connectivity index (χ0v) is 14.0. The number of fused-ring (bicyclic) bond motifs is 1. The molecule has 1 saturated heterocycles. The van der Waals surface area contributed by atoms with Gasteiger partial charge in [-0.15, -0.1) is 0 Å². The van der Waals surface area contributed by atoms with E-state index in [1.165, 1.54) is 5.56 Å². The summed E-state index contributed by atoms with van der Waals surface area (Å²) in [6, 6.07) is 7.74. The van der Waals surface area contributed by atoms with Crippen LogP contribution in [0.3, 0.4) is 0 Å². The number of hydrogen-bond donors (Lipinski definition) is 1. The topological polar surface area (TPSA) is 71.9 Å². The lowest BCUT2D eigenvalue weighted by Gasteiger charge is -2.17. The Kier molecular flexibility index (Phi) is 4.05. The molecule has 1 aromatic carbocycles. The number of nitrogens with zero attached hydrogens (tertiary/aromatic N) is 2. The van der Waals surface area contributed by atoms with Gasteiger partial charge in [-0.05, 0) is 41.8 Å². The fourth-order valence-electron chi connectivity index (χ4n) is 3.67. The summed E-state index contributed by atoms with van der Waals surface area (Å²) in [6.45, 7) is 4.23. The van der Waals surface area contributed by atoms with Gasteiger partial charge in [-0.25, -0.2) is 0 Å². The maximum absolute atomic E-state index is 11.8. The van der Waals surface area contributed by atoms with E-state index in [-0.39, 0.29) is 12.7 Å². The molecule has 130 valence electrons. The van der Waals surface area contributed by atoms with E-state index in [0.29, 0.717) is 18.8 Å². The second-order valence-electron chi connectivity index (χ2n) is 6.66. The normalized spacial score (nSPS) is 22.3. The molecule has 4 rings (SSSR count). The van der Waals surface area contributed by atoms with E-state index >= 15 is 0 Å². The Labute approximate surface area is 146 Å². The predicted molar refractivity (Wildman–Crippen MR) is 90.7 cm³/mol. The van der Waals surface area contributed by atoms with Crippen molar-refractivity contribution in [1.82, 2.24) is 9.88 Å². The van der Waals surface area contributed by atoms with E-state index in [1.807, 2.05) is 37.4 Å². The van der Waals surface area contributed by atoms with Gasteiger partial charge in [0.1, 0.15) is 0 Å². The zero-order chi connectivity index (χ0) is 17.4. The highest BCUT2D eigenvalue weighted by atomic mass is 16.7. The van der Waals surface area contributed by atoms with Crippen LogP contribution in [0.5, 0.6) is 11.5 Å². The van der Waals surface area contributed by atoms with Gasteiger partial charge in [0.2, 0.25) is 6.79 Å². The predicted octanol–water partition coefficient (Wildman–Crippen LogP) is 2.42. The Balaban J connectivity index is 1.57. The molecular weight excluding hydrogens is 320 g/mol. The Morgan fingerprint density at radius 2 is 2.12 bits per heavy atom. The van der Waals surface area contributed by atoms with Crippen molar-refractivity contribution >= 4 is 5.97 Å². The maximum atomic E-state index is 11.8. The average Bonchev–Trinajstić information content (AvgIpc) is 3.23. The van der Waals surface area contributed by atoms with Crippen molar-refractivity contribution < 1.29 is 19.4 Å². The number of aryl methyl sites for hydroxylation is 1. The minimum Gasteiger partial charge on any atom is -0.481 e. The number of benzene rings is 1. The zero-order valence-electron chi connectivity index (χ0n) is 14.0. The molecule has 2 atom stereocenters. The third-order valence-electron chi connectivity index (χ3n) is 5.07. The molecule has 2 aliphatic rings. The van der Waals surface area contributed by atoms with Gasteiger partial charge < -0.3 is 14.6 Å². The number of likely N-dealkylation sites (tertiary alicyclic amines) is 1. The van der Waals surface area contributed by atoms with Crippen molar-refractivity contribution in [2.75, 3.05) is 19.9 Å². The summed E-state index contributed by atoms with van der Waals surface area (Å²) in [5.74, 6) is 0.177. The van der Waals surface area contributed by atoms with Crippen molar-refractivity contribution in [3.8, 4) is 11.5 Å². The van der Waals surface area contributed by atoms with Gasteiger partial charge in [-0.1, -0.05) is 6.07 Å². The number of carboxylic acids is 1. The Hall–Kier alpha value is -2.60. The monoisotopic (exact) mass is 340 g/mol. The van der Waals surface area contributed by atoms with Gasteiger partial charge in [-0.2, -0.15) is 0 Å². The van der Waals surface area contributed by atoms with E-state index in [0.717, 1.165) is 23.4 Å². The molecule has 0 amide bonds. The molecule has 0 radical (unpaired) electrons. The first-order chi connectivity index (χ1) is 12.1. The fraction of sp³-hybridized carbons (Fsp3) is 0.368. The number of aliphatic carboxylic acids is 1. The first kappa shape index (κ1) is 15.9. The third kappa shape index (κ3) is 3.05. The number of rotatable bonds is 4. The molecule has 0 unspecified atom stereocenters. The van der Waals surface area contributed by atoms with Crippen LogP contribution in [0.4, 0.5) is 0 Å². The van der Waals surface area contributed by atoms with E-state index in [1.54, 1.807) is 6.20 Å². The molecule has 2 aromatic rings. The van der Waals surface area contributed by atoms with Crippen LogP contribution in [0.15, 0.2) is 36.7 Å². The third-order valence-corrected chi connectivity index (χ3v) is 5.07. The SMILES string of the molecule is Cc1cnccc1CN1C[C@@H](C(=O)O)[C@H](c2ccc3c(c2)OCO3)C1. The minimum absolute atomic E-state index is 0.0610. The number of pyridine rings is 1. The summed E-state index contributed by atoms with van der Waals surface area (Å²) in [5.41, 5.74) is 3.30. The van der Waals surface area contributed by atoms with E-state index in [2.05, 4.69) is 9.88 Å². The lowest BCUT2D eigenvalue weighted by Crippen LogP contribution is -2.23. The van der Waals surface area contributed by atoms with Crippen molar-refractivity contribution in [1.29, 1.82) is 0 Å². The largest absolute Gasteiger partial charge is 0.481 e. The molecule has 25 heavy (non-hydrogen) atoms. The molecule has 0 spiro atoms. The Bertz CT molecular complexity index is 808. The number of ether oxygens (including phenoxy) is 2. The summed E-state index contributed by atoms with van der Waals surface area (Å²) in [7, 11) is 0. The van der Waals surface area contributed by atoms with Crippen molar-refractivity contribution in [3.05, 3.63) is 53.3 Å². The molecule has 6 heteroatoms. The summed E-state index contributed by atoms with van der Waals surface area (Å²) in [4.78, 5) is 18.1. The molecule has 0 saturated carbocycles. The first-order valence-electron chi connectivity index (χ1n) is 8.36. The van der Waals surface area contributed by atoms with Crippen LogP contribution >= 0.6 is 0 Å². The molecule has 1 N–H and O–H groups in total. The van der Waals surface area contributed by atoms with Crippen LogP contribution in [0.25, 0.3) is 0 Å². The van der Waals surface area contributed by atoms with E-state index in [9.17, 15) is 9.90 Å². The molecule has 2 aliphatic heterocycles. The standard InChI is InChI=1S/C19H20N2O4/c1-12-7-20-5-4-14(12)8-21-9-15(16(10-21)19(22)23)13-2-3-17-18(6-13)25-11-24-17/h2-7,15-16H,8-11H2,1H3,(H,22,23)/t15-,16+/m0/s1. The van der Waals surface area contributed by atoms with Crippen LogP contribution < -0.4 is 9.47 Å². The van der Waals surface area contributed by atoms with Crippen LogP contribution in [0, 0.1) is 12.8 Å². The highest BCUT2D eigenvalue weighted by Gasteiger charge is 2.39. The highest BCUT2D eigenvalue weighted by molar-refractivity contribution is 5.72. The van der Waals surface area contributed by atoms with E-state index < -0.39 is 11.9 Å². The van der Waals surface area contributed by atoms with Crippen LogP contribution in [-0.2, 0) is 11.3 Å². The minimum atomic E-state index is -0.753. The average molecular weight is 340 g/mol. The summed E-state index contributed by atoms with van der Waals surface area (Å²) in [5, 5.41) is 9.68. The number of aromatic nitrogens is 1. The lowest BCUT2D eigenvalue weighted by molar-refractivity contribution is -0.141. The maximum Gasteiger partial charge on any atom is 0.308 e. The molecule has 6 nitrogen and oxygen atoms in total. The van der Waals surface area contributed by atoms with Gasteiger partial charge >= 0.3 is 5.97 Å². The Morgan fingerprint density at radius 1 is 1.28 bits per heavy atom. The second kappa shape index (κ2) is 6.37. The number of hydrogen-bond acceptors (Lipinski definition) is 5. The van der Waals surface area contributed by atoms with Gasteiger partial charge in [-0.3, -0.25) is 14.7 Å². The highest BCUT2D eigenvalue weighted by Crippen LogP contribution is 2.39. The van der Waals surface area contributed by atoms with Crippen molar-refractivity contribution in [2.45, 2.75) is 19.4 Å². The molecule has 0 bridgehead atoms. The second-order valence-corrected chi connectivity index (χ2v) is 6.66. The van der Waals surface area contributed by atoms with Crippen molar-refractivity contribution in [3.63, 3.8) is 0 Å². The van der Waals surface area contributed by atoms with Gasteiger partial charge in [0.05, 0.1) is 5.92 Å². The smallest absolute Gasteiger partial charge is 0.308 e.